The number of rotatable bonds is 5. The van der Waals surface area contributed by atoms with Crippen LogP contribution in [0.5, 0.6) is 11.6 Å². The van der Waals surface area contributed by atoms with Crippen molar-refractivity contribution < 1.29 is 19.1 Å². The molecule has 2 aromatic rings. The number of carbonyl (C=O) groups excluding carboxylic acids is 2. The highest BCUT2D eigenvalue weighted by molar-refractivity contribution is 6.01. The summed E-state index contributed by atoms with van der Waals surface area (Å²) in [5.41, 5.74) is 5.49. The zero-order chi connectivity index (χ0) is 17.8. The smallest absolute Gasteiger partial charge is 0.252 e. The Kier molecular flexibility index (Phi) is 3.35. The number of nitrogens with one attached hydrogen (secondary N) is 1. The number of hydrogen-bond donors (Lipinski definition) is 2. The van der Waals surface area contributed by atoms with E-state index in [9.17, 15) is 9.59 Å². The molecule has 0 bridgehead atoms. The van der Waals surface area contributed by atoms with Crippen LogP contribution < -0.4 is 20.5 Å². The molecular formula is C18H19N3O4. The van der Waals surface area contributed by atoms with E-state index in [1.807, 2.05) is 6.92 Å². The fourth-order valence-electron chi connectivity index (χ4n) is 3.66. The molecule has 7 heteroatoms. The standard InChI is InChI=1S/C18H19N3O4/c1-18-7-12(18)13(21-17(18)23)8-25-16-10-6-14(24-2)11(15(19)22)5-9(10)3-4-20-16/h3-6,12-13H,7-8H2,1-2H3,(H2,19,22)(H,21,23)/t12-,13-,18-/m1/s1. The van der Waals surface area contributed by atoms with E-state index in [-0.39, 0.29) is 17.4 Å². The van der Waals surface area contributed by atoms with Crippen LogP contribution >= 0.6 is 0 Å². The summed E-state index contributed by atoms with van der Waals surface area (Å²) < 4.78 is 11.2. The predicted molar refractivity (Wildman–Crippen MR) is 90.5 cm³/mol. The van der Waals surface area contributed by atoms with Crippen LogP contribution in [0.15, 0.2) is 24.4 Å². The van der Waals surface area contributed by atoms with Crippen LogP contribution in [-0.2, 0) is 4.79 Å². The molecule has 25 heavy (non-hydrogen) atoms. The number of primary amides is 1. The van der Waals surface area contributed by atoms with E-state index in [4.69, 9.17) is 15.2 Å². The van der Waals surface area contributed by atoms with E-state index >= 15 is 0 Å². The molecule has 0 radical (unpaired) electrons. The van der Waals surface area contributed by atoms with Crippen LogP contribution in [0.4, 0.5) is 0 Å². The van der Waals surface area contributed by atoms with Crippen molar-refractivity contribution >= 4 is 22.6 Å². The SMILES string of the molecule is COc1cc2c(OC[C@H]3NC(=O)[C@]4(C)C[C@H]34)nccc2cc1C(N)=O. The van der Waals surface area contributed by atoms with Gasteiger partial charge in [-0.3, -0.25) is 9.59 Å². The highest BCUT2D eigenvalue weighted by Gasteiger charge is 2.64. The van der Waals surface area contributed by atoms with Gasteiger partial charge in [0, 0.05) is 11.6 Å². The van der Waals surface area contributed by atoms with Gasteiger partial charge in [0.1, 0.15) is 12.4 Å². The molecule has 1 saturated carbocycles. The van der Waals surface area contributed by atoms with Crippen molar-refractivity contribution in [3.63, 3.8) is 0 Å². The number of carbonyl (C=O) groups is 2. The summed E-state index contributed by atoms with van der Waals surface area (Å²) in [4.78, 5) is 27.8. The topological polar surface area (TPSA) is 104 Å². The van der Waals surface area contributed by atoms with E-state index in [2.05, 4.69) is 10.3 Å². The molecule has 0 unspecified atom stereocenters. The van der Waals surface area contributed by atoms with E-state index < -0.39 is 5.91 Å². The Bertz CT molecular complexity index is 897. The average molecular weight is 341 g/mol. The van der Waals surface area contributed by atoms with Gasteiger partial charge < -0.3 is 20.5 Å². The fourth-order valence-corrected chi connectivity index (χ4v) is 3.66. The van der Waals surface area contributed by atoms with Gasteiger partial charge in [-0.05, 0) is 35.9 Å². The fraction of sp³-hybridized carbons (Fsp3) is 0.389. The molecule has 2 heterocycles. The summed E-state index contributed by atoms with van der Waals surface area (Å²) in [6.45, 7) is 2.34. The Hall–Kier alpha value is -2.83. The molecule has 1 aromatic carbocycles. The number of benzene rings is 1. The second-order valence-corrected chi connectivity index (χ2v) is 6.87. The monoisotopic (exact) mass is 341 g/mol. The van der Waals surface area contributed by atoms with Crippen molar-refractivity contribution in [3.8, 4) is 11.6 Å². The van der Waals surface area contributed by atoms with Gasteiger partial charge in [0.05, 0.1) is 24.1 Å². The van der Waals surface area contributed by atoms with Gasteiger partial charge in [-0.2, -0.15) is 0 Å². The summed E-state index contributed by atoms with van der Waals surface area (Å²) in [6, 6.07) is 5.15. The van der Waals surface area contributed by atoms with Crippen molar-refractivity contribution in [2.45, 2.75) is 19.4 Å². The van der Waals surface area contributed by atoms with Crippen LogP contribution in [0.1, 0.15) is 23.7 Å². The molecule has 1 aromatic heterocycles. The Morgan fingerprint density at radius 1 is 1.48 bits per heavy atom. The van der Waals surface area contributed by atoms with Crippen LogP contribution in [0.2, 0.25) is 0 Å². The first-order chi connectivity index (χ1) is 11.9. The molecule has 130 valence electrons. The van der Waals surface area contributed by atoms with Gasteiger partial charge in [0.2, 0.25) is 11.8 Å². The van der Waals surface area contributed by atoms with Crippen molar-refractivity contribution in [2.75, 3.05) is 13.7 Å². The molecule has 2 fully saturated rings. The summed E-state index contributed by atoms with van der Waals surface area (Å²) >= 11 is 0. The molecule has 2 aliphatic rings. The minimum absolute atomic E-state index is 0.00124. The zero-order valence-electron chi connectivity index (χ0n) is 14.0. The lowest BCUT2D eigenvalue weighted by atomic mass is 10.1. The lowest BCUT2D eigenvalue weighted by molar-refractivity contribution is -0.124. The number of hydrogen-bond acceptors (Lipinski definition) is 5. The lowest BCUT2D eigenvalue weighted by Crippen LogP contribution is -2.36. The molecule has 3 atom stereocenters. The van der Waals surface area contributed by atoms with Crippen LogP contribution in [-0.4, -0.2) is 36.6 Å². The van der Waals surface area contributed by atoms with Gasteiger partial charge in [0.15, 0.2) is 0 Å². The number of methoxy groups -OCH3 is 1. The Balaban J connectivity index is 1.62. The number of nitrogens with zero attached hydrogens (tertiary/aromatic N) is 1. The summed E-state index contributed by atoms with van der Waals surface area (Å²) in [5.74, 6) is 0.688. The van der Waals surface area contributed by atoms with Gasteiger partial charge in [-0.15, -0.1) is 0 Å². The number of amides is 2. The quantitative estimate of drug-likeness (QED) is 0.852. The maximum Gasteiger partial charge on any atom is 0.252 e. The summed E-state index contributed by atoms with van der Waals surface area (Å²) in [5, 5.41) is 4.49. The number of ether oxygens (including phenoxy) is 2. The molecule has 3 N–H and O–H groups in total. The van der Waals surface area contributed by atoms with Gasteiger partial charge in [-0.1, -0.05) is 6.92 Å². The first kappa shape index (κ1) is 15.7. The number of pyridine rings is 1. The third kappa shape index (κ3) is 2.38. The maximum absolute atomic E-state index is 11.9. The molecule has 2 amide bonds. The average Bonchev–Trinajstić information content (AvgIpc) is 3.23. The molecule has 4 rings (SSSR count). The molecule has 7 nitrogen and oxygen atoms in total. The molecule has 1 aliphatic carbocycles. The van der Waals surface area contributed by atoms with Gasteiger partial charge in [0.25, 0.3) is 5.91 Å². The van der Waals surface area contributed by atoms with Gasteiger partial charge in [-0.25, -0.2) is 4.98 Å². The molecule has 1 aliphatic heterocycles. The van der Waals surface area contributed by atoms with E-state index in [0.29, 0.717) is 29.7 Å². The first-order valence-corrected chi connectivity index (χ1v) is 8.14. The number of nitrogens with two attached hydrogens (primary N) is 1. The van der Waals surface area contributed by atoms with Crippen LogP contribution in [0.3, 0.4) is 0 Å². The Labute approximate surface area is 144 Å². The normalized spacial score (nSPS) is 26.9. The van der Waals surface area contributed by atoms with Crippen molar-refractivity contribution in [3.05, 3.63) is 30.0 Å². The molecule has 1 saturated heterocycles. The van der Waals surface area contributed by atoms with Crippen molar-refractivity contribution in [1.82, 2.24) is 10.3 Å². The largest absolute Gasteiger partial charge is 0.496 e. The summed E-state index contributed by atoms with van der Waals surface area (Å²) in [7, 11) is 1.48. The number of aromatic nitrogens is 1. The third-order valence-electron chi connectivity index (χ3n) is 5.34. The highest BCUT2D eigenvalue weighted by atomic mass is 16.5. The minimum atomic E-state index is -0.556. The number of fused-ring (bicyclic) bond motifs is 2. The highest BCUT2D eigenvalue weighted by Crippen LogP contribution is 2.58. The lowest BCUT2D eigenvalue weighted by Gasteiger charge is -2.15. The Morgan fingerprint density at radius 2 is 2.28 bits per heavy atom. The third-order valence-corrected chi connectivity index (χ3v) is 5.34. The van der Waals surface area contributed by atoms with Gasteiger partial charge >= 0.3 is 0 Å². The second-order valence-electron chi connectivity index (χ2n) is 6.87. The van der Waals surface area contributed by atoms with Crippen LogP contribution in [0, 0.1) is 11.3 Å². The van der Waals surface area contributed by atoms with Crippen LogP contribution in [0.25, 0.3) is 10.8 Å². The van der Waals surface area contributed by atoms with Crippen molar-refractivity contribution in [2.24, 2.45) is 17.1 Å². The van der Waals surface area contributed by atoms with E-state index in [0.717, 1.165) is 17.2 Å². The number of piperidine rings is 1. The molecular weight excluding hydrogens is 322 g/mol. The first-order valence-electron chi connectivity index (χ1n) is 8.14. The molecule has 0 spiro atoms. The summed E-state index contributed by atoms with van der Waals surface area (Å²) in [6.07, 6.45) is 2.52. The minimum Gasteiger partial charge on any atom is -0.496 e. The van der Waals surface area contributed by atoms with Crippen molar-refractivity contribution in [1.29, 1.82) is 0 Å². The maximum atomic E-state index is 11.9. The zero-order valence-corrected chi connectivity index (χ0v) is 14.0. The predicted octanol–water partition coefficient (Wildman–Crippen LogP) is 1.25. The Morgan fingerprint density at radius 3 is 2.88 bits per heavy atom. The second kappa shape index (κ2) is 5.34. The van der Waals surface area contributed by atoms with E-state index in [1.165, 1.54) is 7.11 Å². The van der Waals surface area contributed by atoms with E-state index in [1.54, 1.807) is 24.4 Å².